The average molecular weight is 323 g/mol. The Hall–Kier alpha value is -1.83. The van der Waals surface area contributed by atoms with E-state index in [-0.39, 0.29) is 18.3 Å². The third-order valence-electron chi connectivity index (χ3n) is 2.89. The van der Waals surface area contributed by atoms with Gasteiger partial charge in [-0.1, -0.05) is 18.2 Å². The number of aromatic nitrogens is 1. The van der Waals surface area contributed by atoms with Crippen molar-refractivity contribution in [1.29, 1.82) is 0 Å². The maximum Gasteiger partial charge on any atom is 0.240 e. The zero-order valence-electron chi connectivity index (χ0n) is 12.3. The molecule has 1 aromatic carbocycles. The molecule has 0 atom stereocenters. The van der Waals surface area contributed by atoms with Crippen molar-refractivity contribution in [2.75, 3.05) is 32.1 Å². The van der Waals surface area contributed by atoms with Crippen LogP contribution in [0.15, 0.2) is 30.5 Å². The molecule has 0 radical (unpaired) electrons. The lowest BCUT2D eigenvalue weighted by molar-refractivity contribution is -0.115. The number of hydrogen-bond donors (Lipinski definition) is 2. The molecule has 1 amide bonds. The van der Waals surface area contributed by atoms with Crippen LogP contribution in [0.3, 0.4) is 0 Å². The maximum atomic E-state index is 13.6. The zero-order chi connectivity index (χ0) is 15.8. The molecular weight excluding hydrogens is 305 g/mol. The van der Waals surface area contributed by atoms with Gasteiger partial charge in [0.1, 0.15) is 5.82 Å². The number of rotatable bonds is 8. The van der Waals surface area contributed by atoms with Gasteiger partial charge in [0.15, 0.2) is 5.13 Å². The van der Waals surface area contributed by atoms with E-state index in [0.717, 1.165) is 4.88 Å². The van der Waals surface area contributed by atoms with Gasteiger partial charge in [-0.25, -0.2) is 9.37 Å². The first-order valence-corrected chi connectivity index (χ1v) is 7.68. The Labute approximate surface area is 132 Å². The number of methoxy groups -OCH3 is 1. The number of amides is 1. The van der Waals surface area contributed by atoms with E-state index in [1.54, 1.807) is 31.5 Å². The number of halogens is 1. The fraction of sp³-hybridized carbons (Fsp3) is 0.333. The second-order valence-electron chi connectivity index (χ2n) is 4.62. The fourth-order valence-corrected chi connectivity index (χ4v) is 2.67. The highest BCUT2D eigenvalue weighted by atomic mass is 32.1. The summed E-state index contributed by atoms with van der Waals surface area (Å²) in [4.78, 5) is 16.7. The lowest BCUT2D eigenvalue weighted by Crippen LogP contribution is -2.30. The van der Waals surface area contributed by atoms with Gasteiger partial charge < -0.3 is 15.4 Å². The number of carbonyl (C=O) groups excluding carboxylic acids is 1. The molecule has 0 bridgehead atoms. The van der Waals surface area contributed by atoms with Crippen LogP contribution in [0.5, 0.6) is 0 Å². The van der Waals surface area contributed by atoms with Gasteiger partial charge in [-0.3, -0.25) is 4.79 Å². The minimum Gasteiger partial charge on any atom is -0.383 e. The van der Waals surface area contributed by atoms with Crippen LogP contribution in [-0.4, -0.2) is 37.7 Å². The predicted molar refractivity (Wildman–Crippen MR) is 84.7 cm³/mol. The Morgan fingerprint density at radius 1 is 1.41 bits per heavy atom. The molecule has 0 aliphatic heterocycles. The topological polar surface area (TPSA) is 63.2 Å². The van der Waals surface area contributed by atoms with Gasteiger partial charge in [-0.05, 0) is 11.6 Å². The molecule has 0 spiro atoms. The van der Waals surface area contributed by atoms with Gasteiger partial charge in [0, 0.05) is 31.1 Å². The number of benzene rings is 1. The number of thiazole rings is 1. The molecule has 22 heavy (non-hydrogen) atoms. The molecule has 0 fully saturated rings. The molecule has 118 valence electrons. The van der Waals surface area contributed by atoms with E-state index in [0.29, 0.717) is 30.3 Å². The normalized spacial score (nSPS) is 10.6. The highest BCUT2D eigenvalue weighted by molar-refractivity contribution is 7.15. The van der Waals surface area contributed by atoms with Gasteiger partial charge in [0.25, 0.3) is 0 Å². The van der Waals surface area contributed by atoms with E-state index >= 15 is 0 Å². The summed E-state index contributed by atoms with van der Waals surface area (Å²) in [6.45, 7) is 1.36. The molecule has 2 rings (SSSR count). The van der Waals surface area contributed by atoms with Crippen LogP contribution in [0.25, 0.3) is 0 Å². The number of carbonyl (C=O) groups is 1. The smallest absolute Gasteiger partial charge is 0.240 e. The molecule has 0 unspecified atom stereocenters. The Bertz CT molecular complexity index is 618. The van der Waals surface area contributed by atoms with Gasteiger partial charge in [-0.15, -0.1) is 11.3 Å². The molecular formula is C15H18FN3O2S. The van der Waals surface area contributed by atoms with Crippen molar-refractivity contribution in [1.82, 2.24) is 10.3 Å². The number of nitrogens with zero attached hydrogens (tertiary/aromatic N) is 1. The van der Waals surface area contributed by atoms with Crippen LogP contribution < -0.4 is 10.6 Å². The minimum atomic E-state index is -0.233. The molecule has 0 aliphatic carbocycles. The van der Waals surface area contributed by atoms with Crippen LogP contribution in [0.2, 0.25) is 0 Å². The Balaban J connectivity index is 1.84. The van der Waals surface area contributed by atoms with E-state index in [9.17, 15) is 9.18 Å². The van der Waals surface area contributed by atoms with Gasteiger partial charge in [0.05, 0.1) is 13.2 Å². The molecule has 5 nitrogen and oxygen atoms in total. The number of nitrogens with one attached hydrogen (secondary N) is 2. The third-order valence-corrected chi connectivity index (χ3v) is 3.80. The summed E-state index contributed by atoms with van der Waals surface area (Å²) < 4.78 is 18.5. The molecule has 7 heteroatoms. The largest absolute Gasteiger partial charge is 0.383 e. The van der Waals surface area contributed by atoms with E-state index in [1.165, 1.54) is 17.4 Å². The molecule has 0 aliphatic rings. The van der Waals surface area contributed by atoms with Crippen molar-refractivity contribution in [3.8, 4) is 0 Å². The standard InChI is InChI=1S/C15H18FN3O2S/c1-21-7-6-17-10-14(20)19-15-18-9-12(22-15)8-11-4-2-3-5-13(11)16/h2-5,9,17H,6-8,10H2,1H3,(H,18,19,20). The van der Waals surface area contributed by atoms with Gasteiger partial charge >= 0.3 is 0 Å². The molecule has 1 aromatic heterocycles. The molecule has 0 saturated heterocycles. The number of hydrogen-bond acceptors (Lipinski definition) is 5. The summed E-state index contributed by atoms with van der Waals surface area (Å²) in [6.07, 6.45) is 2.12. The van der Waals surface area contributed by atoms with Crippen molar-refractivity contribution in [3.63, 3.8) is 0 Å². The number of anilines is 1. The van der Waals surface area contributed by atoms with Crippen molar-refractivity contribution in [2.24, 2.45) is 0 Å². The highest BCUT2D eigenvalue weighted by Gasteiger charge is 2.08. The molecule has 2 N–H and O–H groups in total. The summed E-state index contributed by atoms with van der Waals surface area (Å²) >= 11 is 1.35. The van der Waals surface area contributed by atoms with Crippen molar-refractivity contribution < 1.29 is 13.9 Å². The monoisotopic (exact) mass is 323 g/mol. The lowest BCUT2D eigenvalue weighted by Gasteiger charge is -2.03. The highest BCUT2D eigenvalue weighted by Crippen LogP contribution is 2.22. The second kappa shape index (κ2) is 8.57. The average Bonchev–Trinajstić information content (AvgIpc) is 2.93. The van der Waals surface area contributed by atoms with Crippen LogP contribution in [-0.2, 0) is 16.0 Å². The van der Waals surface area contributed by atoms with Crippen molar-refractivity contribution in [2.45, 2.75) is 6.42 Å². The van der Waals surface area contributed by atoms with Gasteiger partial charge in [0.2, 0.25) is 5.91 Å². The summed E-state index contributed by atoms with van der Waals surface area (Å²) in [5.41, 5.74) is 0.616. The first-order valence-electron chi connectivity index (χ1n) is 6.86. The molecule has 0 saturated carbocycles. The number of ether oxygens (including phenoxy) is 1. The zero-order valence-corrected chi connectivity index (χ0v) is 13.1. The lowest BCUT2D eigenvalue weighted by atomic mass is 10.1. The molecule has 1 heterocycles. The van der Waals surface area contributed by atoms with E-state index in [2.05, 4.69) is 15.6 Å². The van der Waals surface area contributed by atoms with Crippen LogP contribution >= 0.6 is 11.3 Å². The summed E-state index contributed by atoms with van der Waals surface area (Å²) in [5.74, 6) is -0.397. The van der Waals surface area contributed by atoms with Crippen LogP contribution in [0.1, 0.15) is 10.4 Å². The van der Waals surface area contributed by atoms with Gasteiger partial charge in [-0.2, -0.15) is 0 Å². The quantitative estimate of drug-likeness (QED) is 0.730. The van der Waals surface area contributed by atoms with E-state index in [4.69, 9.17) is 4.74 Å². The Morgan fingerprint density at radius 3 is 3.00 bits per heavy atom. The first-order chi connectivity index (χ1) is 10.7. The summed E-state index contributed by atoms with van der Waals surface area (Å²) in [5, 5.41) is 6.18. The summed E-state index contributed by atoms with van der Waals surface area (Å²) in [7, 11) is 1.61. The van der Waals surface area contributed by atoms with Crippen molar-refractivity contribution in [3.05, 3.63) is 46.7 Å². The van der Waals surface area contributed by atoms with Crippen LogP contribution in [0.4, 0.5) is 9.52 Å². The molecule has 2 aromatic rings. The third kappa shape index (κ3) is 5.18. The van der Waals surface area contributed by atoms with Crippen LogP contribution in [0, 0.1) is 5.82 Å². The Kier molecular flexibility index (Phi) is 6.45. The fourth-order valence-electron chi connectivity index (χ4n) is 1.82. The van der Waals surface area contributed by atoms with E-state index < -0.39 is 0 Å². The first kappa shape index (κ1) is 16.5. The Morgan fingerprint density at radius 2 is 2.23 bits per heavy atom. The SMILES string of the molecule is COCCNCC(=O)Nc1ncc(Cc2ccccc2F)s1. The summed E-state index contributed by atoms with van der Waals surface area (Å²) in [6, 6.07) is 6.64. The van der Waals surface area contributed by atoms with E-state index in [1.807, 2.05) is 0 Å². The minimum absolute atomic E-state index is 0.164. The second-order valence-corrected chi connectivity index (χ2v) is 5.73. The van der Waals surface area contributed by atoms with Crippen molar-refractivity contribution >= 4 is 22.4 Å². The predicted octanol–water partition coefficient (Wildman–Crippen LogP) is 2.05. The maximum absolute atomic E-state index is 13.6.